The van der Waals surface area contributed by atoms with Gasteiger partial charge < -0.3 is 10.8 Å². The highest BCUT2D eigenvalue weighted by molar-refractivity contribution is 5.73. The second kappa shape index (κ2) is 4.38. The van der Waals surface area contributed by atoms with Crippen LogP contribution in [0.25, 0.3) is 0 Å². The molecule has 0 bridgehead atoms. The number of hydrogen-bond acceptors (Lipinski definition) is 2. The maximum Gasteiger partial charge on any atom is 0.391 e. The topological polar surface area (TPSA) is 63.3 Å². The summed E-state index contributed by atoms with van der Waals surface area (Å²) in [5, 5.41) is 8.61. The third-order valence-corrected chi connectivity index (χ3v) is 3.03. The van der Waals surface area contributed by atoms with E-state index in [0.29, 0.717) is 0 Å². The molecule has 0 unspecified atom stereocenters. The third kappa shape index (κ3) is 3.09. The van der Waals surface area contributed by atoms with Gasteiger partial charge in [-0.15, -0.1) is 0 Å². The molecule has 0 aromatic carbocycles. The number of carbonyl (C=O) groups is 1. The number of nitrogens with two attached hydrogens (primary N) is 1. The van der Waals surface area contributed by atoms with Crippen molar-refractivity contribution in [3.05, 3.63) is 0 Å². The van der Waals surface area contributed by atoms with Gasteiger partial charge in [0.25, 0.3) is 0 Å². The second-order valence-electron chi connectivity index (χ2n) is 4.02. The summed E-state index contributed by atoms with van der Waals surface area (Å²) in [5.41, 5.74) is 5.36. The summed E-state index contributed by atoms with van der Waals surface area (Å²) in [6, 6.07) is -1.03. The van der Waals surface area contributed by atoms with E-state index in [4.69, 9.17) is 10.8 Å². The molecule has 0 aromatic heterocycles. The van der Waals surface area contributed by atoms with Gasteiger partial charge in [0.2, 0.25) is 0 Å². The van der Waals surface area contributed by atoms with Crippen molar-refractivity contribution < 1.29 is 23.1 Å². The van der Waals surface area contributed by atoms with Crippen molar-refractivity contribution in [2.24, 2.45) is 17.6 Å². The molecule has 0 heterocycles. The second-order valence-corrected chi connectivity index (χ2v) is 4.02. The lowest BCUT2D eigenvalue weighted by Crippen LogP contribution is -2.41. The number of alkyl halides is 3. The SMILES string of the molecule is N[C@H](C(=O)O)C1CCC(C(F)(F)F)CC1. The fourth-order valence-corrected chi connectivity index (χ4v) is 2.01. The van der Waals surface area contributed by atoms with Crippen LogP contribution in [-0.4, -0.2) is 23.3 Å². The quantitative estimate of drug-likeness (QED) is 0.752. The molecular formula is C9H14F3NO2. The molecule has 1 rings (SSSR count). The van der Waals surface area contributed by atoms with Crippen LogP contribution in [0.4, 0.5) is 13.2 Å². The lowest BCUT2D eigenvalue weighted by atomic mass is 9.78. The minimum absolute atomic E-state index is 0.00481. The summed E-state index contributed by atoms with van der Waals surface area (Å²) >= 11 is 0. The van der Waals surface area contributed by atoms with E-state index < -0.39 is 24.1 Å². The van der Waals surface area contributed by atoms with Crippen molar-refractivity contribution in [1.82, 2.24) is 0 Å². The van der Waals surface area contributed by atoms with E-state index >= 15 is 0 Å². The zero-order chi connectivity index (χ0) is 11.6. The van der Waals surface area contributed by atoms with Gasteiger partial charge in [0, 0.05) is 0 Å². The highest BCUT2D eigenvalue weighted by Gasteiger charge is 2.42. The molecule has 1 aliphatic rings. The lowest BCUT2D eigenvalue weighted by molar-refractivity contribution is -0.184. The lowest BCUT2D eigenvalue weighted by Gasteiger charge is -2.31. The Balaban J connectivity index is 2.46. The van der Waals surface area contributed by atoms with Crippen LogP contribution in [-0.2, 0) is 4.79 Å². The Morgan fingerprint density at radius 1 is 1.27 bits per heavy atom. The van der Waals surface area contributed by atoms with Gasteiger partial charge in [-0.05, 0) is 31.6 Å². The van der Waals surface area contributed by atoms with E-state index in [-0.39, 0.29) is 31.6 Å². The van der Waals surface area contributed by atoms with E-state index in [2.05, 4.69) is 0 Å². The van der Waals surface area contributed by atoms with Gasteiger partial charge in [-0.1, -0.05) is 0 Å². The van der Waals surface area contributed by atoms with Crippen LogP contribution in [0.2, 0.25) is 0 Å². The highest BCUT2D eigenvalue weighted by Crippen LogP contribution is 2.40. The molecule has 0 radical (unpaired) electrons. The largest absolute Gasteiger partial charge is 0.480 e. The number of rotatable bonds is 2. The average molecular weight is 225 g/mol. The average Bonchev–Trinajstić information content (AvgIpc) is 2.15. The molecule has 88 valence electrons. The van der Waals surface area contributed by atoms with Crippen molar-refractivity contribution in [3.63, 3.8) is 0 Å². The molecule has 0 aromatic rings. The van der Waals surface area contributed by atoms with Gasteiger partial charge in [0.05, 0.1) is 5.92 Å². The van der Waals surface area contributed by atoms with Gasteiger partial charge >= 0.3 is 12.1 Å². The molecule has 1 saturated carbocycles. The van der Waals surface area contributed by atoms with E-state index in [9.17, 15) is 18.0 Å². The van der Waals surface area contributed by atoms with Gasteiger partial charge in [-0.2, -0.15) is 13.2 Å². The fourth-order valence-electron chi connectivity index (χ4n) is 2.01. The molecule has 15 heavy (non-hydrogen) atoms. The minimum Gasteiger partial charge on any atom is -0.480 e. The summed E-state index contributed by atoms with van der Waals surface area (Å²) in [7, 11) is 0. The van der Waals surface area contributed by atoms with Crippen LogP contribution in [0.5, 0.6) is 0 Å². The van der Waals surface area contributed by atoms with E-state index in [1.807, 2.05) is 0 Å². The van der Waals surface area contributed by atoms with Crippen LogP contribution in [0, 0.1) is 11.8 Å². The summed E-state index contributed by atoms with van der Waals surface area (Å²) in [4.78, 5) is 10.5. The van der Waals surface area contributed by atoms with Crippen molar-refractivity contribution >= 4 is 5.97 Å². The Hall–Kier alpha value is -0.780. The number of carboxylic acid groups (broad SMARTS) is 1. The predicted molar refractivity (Wildman–Crippen MR) is 47.1 cm³/mol. The van der Waals surface area contributed by atoms with Crippen molar-refractivity contribution in [3.8, 4) is 0 Å². The highest BCUT2D eigenvalue weighted by atomic mass is 19.4. The van der Waals surface area contributed by atoms with Crippen molar-refractivity contribution in [2.45, 2.75) is 37.9 Å². The summed E-state index contributed by atoms with van der Waals surface area (Å²) in [6.07, 6.45) is -3.67. The Bertz CT molecular complexity index is 234. The maximum atomic E-state index is 12.3. The number of aliphatic carboxylic acids is 1. The zero-order valence-electron chi connectivity index (χ0n) is 8.13. The standard InChI is InChI=1S/C9H14F3NO2/c10-9(11,12)6-3-1-5(2-4-6)7(13)8(14)15/h5-7H,1-4,13H2,(H,14,15)/t5?,6?,7-/m0/s1. The van der Waals surface area contributed by atoms with Gasteiger partial charge in [-0.3, -0.25) is 4.79 Å². The van der Waals surface area contributed by atoms with Crippen LogP contribution in [0.1, 0.15) is 25.7 Å². The number of halogens is 3. The monoisotopic (exact) mass is 225 g/mol. The normalized spacial score (nSPS) is 29.9. The molecule has 0 amide bonds. The zero-order valence-corrected chi connectivity index (χ0v) is 8.13. The van der Waals surface area contributed by atoms with Crippen molar-refractivity contribution in [2.75, 3.05) is 0 Å². The number of hydrogen-bond donors (Lipinski definition) is 2. The first-order chi connectivity index (χ1) is 6.82. The first-order valence-corrected chi connectivity index (χ1v) is 4.87. The molecule has 1 aliphatic carbocycles. The summed E-state index contributed by atoms with van der Waals surface area (Å²) in [5.74, 6) is -2.73. The Morgan fingerprint density at radius 3 is 2.07 bits per heavy atom. The molecular weight excluding hydrogens is 211 g/mol. The van der Waals surface area contributed by atoms with Crippen LogP contribution < -0.4 is 5.73 Å². The maximum absolute atomic E-state index is 12.3. The van der Waals surface area contributed by atoms with Gasteiger partial charge in [-0.25, -0.2) is 0 Å². The minimum atomic E-state index is -4.15. The molecule has 0 spiro atoms. The van der Waals surface area contributed by atoms with Gasteiger partial charge in [0.15, 0.2) is 0 Å². The summed E-state index contributed by atoms with van der Waals surface area (Å²) in [6.45, 7) is 0. The van der Waals surface area contributed by atoms with Crippen LogP contribution >= 0.6 is 0 Å². The first kappa shape index (κ1) is 12.3. The van der Waals surface area contributed by atoms with E-state index in [1.165, 1.54) is 0 Å². The Labute approximate surface area is 85.4 Å². The number of carboxylic acids is 1. The smallest absolute Gasteiger partial charge is 0.391 e. The van der Waals surface area contributed by atoms with Crippen LogP contribution in [0.15, 0.2) is 0 Å². The molecule has 1 atom stereocenters. The fraction of sp³-hybridized carbons (Fsp3) is 0.889. The molecule has 3 N–H and O–H groups in total. The van der Waals surface area contributed by atoms with Gasteiger partial charge in [0.1, 0.15) is 6.04 Å². The summed E-state index contributed by atoms with van der Waals surface area (Å²) < 4.78 is 36.8. The van der Waals surface area contributed by atoms with E-state index in [1.54, 1.807) is 0 Å². The van der Waals surface area contributed by atoms with Crippen molar-refractivity contribution in [1.29, 1.82) is 0 Å². The van der Waals surface area contributed by atoms with E-state index in [0.717, 1.165) is 0 Å². The Kier molecular flexibility index (Phi) is 3.59. The molecule has 0 aliphatic heterocycles. The van der Waals surface area contributed by atoms with Crippen LogP contribution in [0.3, 0.4) is 0 Å². The predicted octanol–water partition coefficient (Wildman–Crippen LogP) is 1.77. The molecule has 1 fully saturated rings. The molecule has 0 saturated heterocycles. The molecule has 3 nitrogen and oxygen atoms in total. The Morgan fingerprint density at radius 2 is 1.73 bits per heavy atom. The third-order valence-electron chi connectivity index (χ3n) is 3.03. The first-order valence-electron chi connectivity index (χ1n) is 4.87. The molecule has 6 heteroatoms.